The van der Waals surface area contributed by atoms with E-state index in [0.717, 1.165) is 4.47 Å². The molecule has 0 bridgehead atoms. The number of benzene rings is 6. The predicted octanol–water partition coefficient (Wildman–Crippen LogP) is 9.76. The maximum absolute atomic E-state index is 3.92. The van der Waals surface area contributed by atoms with Crippen molar-refractivity contribution in [2.75, 3.05) is 0 Å². The minimum atomic E-state index is 1.15. The largest absolute Gasteiger partial charge is 0.0622 e. The van der Waals surface area contributed by atoms with Gasteiger partial charge >= 0.3 is 0 Å². The maximum Gasteiger partial charge on any atom is 0.0332 e. The van der Waals surface area contributed by atoms with Crippen LogP contribution in [0, 0.1) is 0 Å². The van der Waals surface area contributed by atoms with Crippen molar-refractivity contribution in [3.8, 4) is 33.4 Å². The number of halogens is 1. The molecule has 0 N–H and O–H groups in total. The summed E-state index contributed by atoms with van der Waals surface area (Å²) >= 11 is 3.92. The summed E-state index contributed by atoms with van der Waals surface area (Å²) in [6.07, 6.45) is 0. The third kappa shape index (κ3) is 3.37. The zero-order chi connectivity index (χ0) is 22.2. The predicted molar refractivity (Wildman–Crippen MR) is 145 cm³/mol. The Kier molecular flexibility index (Phi) is 5.05. The van der Waals surface area contributed by atoms with Crippen molar-refractivity contribution in [2.24, 2.45) is 0 Å². The number of hydrogen-bond donors (Lipinski definition) is 0. The first-order valence-corrected chi connectivity index (χ1v) is 12.0. The summed E-state index contributed by atoms with van der Waals surface area (Å²) in [5.74, 6) is 0. The van der Waals surface area contributed by atoms with Gasteiger partial charge in [-0.3, -0.25) is 0 Å². The van der Waals surface area contributed by atoms with Crippen molar-refractivity contribution < 1.29 is 0 Å². The minimum Gasteiger partial charge on any atom is -0.0622 e. The van der Waals surface area contributed by atoms with E-state index < -0.39 is 0 Å². The molecule has 0 fully saturated rings. The normalized spacial score (nSPS) is 11.2. The van der Waals surface area contributed by atoms with Crippen LogP contribution in [0.5, 0.6) is 0 Å². The summed E-state index contributed by atoms with van der Waals surface area (Å²) in [4.78, 5) is 0. The Morgan fingerprint density at radius 3 is 1.18 bits per heavy atom. The molecule has 0 atom stereocenters. The SMILES string of the molecule is Brc1c2ccccc2c(-c2c(-c3ccccc3)cccc2-c2ccccc2)c2ccccc12. The summed E-state index contributed by atoms with van der Waals surface area (Å²) in [5, 5.41) is 4.97. The minimum absolute atomic E-state index is 1.15. The van der Waals surface area contributed by atoms with Gasteiger partial charge in [0, 0.05) is 4.47 Å². The van der Waals surface area contributed by atoms with Crippen LogP contribution in [0.2, 0.25) is 0 Å². The molecule has 0 aliphatic heterocycles. The van der Waals surface area contributed by atoms with Crippen molar-refractivity contribution in [3.63, 3.8) is 0 Å². The fourth-order valence-electron chi connectivity index (χ4n) is 4.88. The smallest absolute Gasteiger partial charge is 0.0332 e. The standard InChI is InChI=1S/C32H21Br/c33-32-28-18-9-7-16-26(28)31(27-17-8-10-19-29(27)32)30-24(22-12-3-1-4-13-22)20-11-21-25(30)23-14-5-2-6-15-23/h1-21H. The molecule has 0 aromatic heterocycles. The van der Waals surface area contributed by atoms with Gasteiger partial charge in [0.05, 0.1) is 0 Å². The fraction of sp³-hybridized carbons (Fsp3) is 0. The van der Waals surface area contributed by atoms with Gasteiger partial charge in [0.15, 0.2) is 0 Å². The van der Waals surface area contributed by atoms with Gasteiger partial charge in [-0.2, -0.15) is 0 Å². The molecule has 6 rings (SSSR count). The van der Waals surface area contributed by atoms with Crippen LogP contribution in [0.1, 0.15) is 0 Å². The molecule has 0 aliphatic carbocycles. The molecule has 0 amide bonds. The highest BCUT2D eigenvalue weighted by Crippen LogP contribution is 2.48. The Morgan fingerprint density at radius 2 is 0.727 bits per heavy atom. The van der Waals surface area contributed by atoms with E-state index in [4.69, 9.17) is 0 Å². The second-order valence-corrected chi connectivity index (χ2v) is 9.03. The van der Waals surface area contributed by atoms with Gasteiger partial charge in [-0.15, -0.1) is 0 Å². The molecule has 0 radical (unpaired) electrons. The summed E-state index contributed by atoms with van der Waals surface area (Å²) in [6.45, 7) is 0. The number of rotatable bonds is 3. The van der Waals surface area contributed by atoms with Crippen LogP contribution >= 0.6 is 15.9 Å². The first-order valence-electron chi connectivity index (χ1n) is 11.2. The molecule has 0 saturated carbocycles. The highest BCUT2D eigenvalue weighted by molar-refractivity contribution is 9.10. The van der Waals surface area contributed by atoms with Crippen LogP contribution in [0.15, 0.2) is 132 Å². The van der Waals surface area contributed by atoms with E-state index in [1.807, 2.05) is 0 Å². The second kappa shape index (κ2) is 8.35. The van der Waals surface area contributed by atoms with Crippen LogP contribution in [0.4, 0.5) is 0 Å². The van der Waals surface area contributed by atoms with Gasteiger partial charge in [0.2, 0.25) is 0 Å². The summed E-state index contributed by atoms with van der Waals surface area (Å²) < 4.78 is 1.15. The van der Waals surface area contributed by atoms with Gasteiger partial charge < -0.3 is 0 Å². The molecule has 6 aromatic carbocycles. The molecular weight excluding hydrogens is 464 g/mol. The van der Waals surface area contributed by atoms with E-state index in [1.165, 1.54) is 54.9 Å². The average molecular weight is 485 g/mol. The van der Waals surface area contributed by atoms with E-state index in [-0.39, 0.29) is 0 Å². The van der Waals surface area contributed by atoms with Crippen LogP contribution in [0.25, 0.3) is 54.9 Å². The topological polar surface area (TPSA) is 0 Å². The summed E-state index contributed by atoms with van der Waals surface area (Å²) in [7, 11) is 0. The fourth-order valence-corrected chi connectivity index (χ4v) is 5.57. The molecule has 0 spiro atoms. The van der Waals surface area contributed by atoms with Crippen molar-refractivity contribution >= 4 is 37.5 Å². The van der Waals surface area contributed by atoms with Gasteiger partial charge in [-0.1, -0.05) is 127 Å². The molecule has 0 saturated heterocycles. The Balaban J connectivity index is 1.84. The van der Waals surface area contributed by atoms with Gasteiger partial charge in [0.1, 0.15) is 0 Å². The molecule has 1 heteroatoms. The number of hydrogen-bond acceptors (Lipinski definition) is 0. The van der Waals surface area contributed by atoms with Crippen molar-refractivity contribution in [1.82, 2.24) is 0 Å². The molecule has 0 nitrogen and oxygen atoms in total. The van der Waals surface area contributed by atoms with Crippen LogP contribution < -0.4 is 0 Å². The lowest BCUT2D eigenvalue weighted by atomic mass is 9.83. The lowest BCUT2D eigenvalue weighted by Crippen LogP contribution is -1.94. The first-order chi connectivity index (χ1) is 16.3. The van der Waals surface area contributed by atoms with Gasteiger partial charge in [-0.05, 0) is 70.9 Å². The molecule has 0 heterocycles. The lowest BCUT2D eigenvalue weighted by molar-refractivity contribution is 1.58. The van der Waals surface area contributed by atoms with E-state index in [0.29, 0.717) is 0 Å². The van der Waals surface area contributed by atoms with Crippen LogP contribution in [-0.4, -0.2) is 0 Å². The molecule has 156 valence electrons. The maximum atomic E-state index is 3.92. The molecular formula is C32H21Br. The third-order valence-electron chi connectivity index (χ3n) is 6.35. The average Bonchev–Trinajstić information content (AvgIpc) is 2.90. The Morgan fingerprint density at radius 1 is 0.333 bits per heavy atom. The zero-order valence-corrected chi connectivity index (χ0v) is 19.6. The van der Waals surface area contributed by atoms with Crippen LogP contribution in [0.3, 0.4) is 0 Å². The molecule has 0 aliphatic rings. The molecule has 6 aromatic rings. The molecule has 33 heavy (non-hydrogen) atoms. The molecule has 0 unspecified atom stereocenters. The summed E-state index contributed by atoms with van der Waals surface area (Å²) in [6, 6.07) is 45.6. The van der Waals surface area contributed by atoms with E-state index in [9.17, 15) is 0 Å². The second-order valence-electron chi connectivity index (χ2n) is 8.24. The van der Waals surface area contributed by atoms with Crippen molar-refractivity contribution in [3.05, 3.63) is 132 Å². The quantitative estimate of drug-likeness (QED) is 0.219. The lowest BCUT2D eigenvalue weighted by Gasteiger charge is -2.21. The van der Waals surface area contributed by atoms with E-state index in [2.05, 4.69) is 143 Å². The zero-order valence-electron chi connectivity index (χ0n) is 18.0. The Bertz CT molecular complexity index is 1480. The van der Waals surface area contributed by atoms with Crippen molar-refractivity contribution in [2.45, 2.75) is 0 Å². The monoisotopic (exact) mass is 484 g/mol. The Labute approximate surface area is 202 Å². The highest BCUT2D eigenvalue weighted by Gasteiger charge is 2.20. The third-order valence-corrected chi connectivity index (χ3v) is 7.20. The first kappa shape index (κ1) is 20.0. The van der Waals surface area contributed by atoms with Crippen LogP contribution in [-0.2, 0) is 0 Å². The van der Waals surface area contributed by atoms with E-state index >= 15 is 0 Å². The number of fused-ring (bicyclic) bond motifs is 2. The Hall–Kier alpha value is -3.68. The van der Waals surface area contributed by atoms with Gasteiger partial charge in [0.25, 0.3) is 0 Å². The van der Waals surface area contributed by atoms with Crippen molar-refractivity contribution in [1.29, 1.82) is 0 Å². The summed E-state index contributed by atoms with van der Waals surface area (Å²) in [5.41, 5.74) is 7.49. The van der Waals surface area contributed by atoms with Gasteiger partial charge in [-0.25, -0.2) is 0 Å². The van der Waals surface area contributed by atoms with E-state index in [1.54, 1.807) is 0 Å². The highest BCUT2D eigenvalue weighted by atomic mass is 79.9.